The van der Waals surface area contributed by atoms with Crippen molar-refractivity contribution < 1.29 is 4.39 Å². The van der Waals surface area contributed by atoms with Crippen LogP contribution < -0.4 is 9.80 Å². The van der Waals surface area contributed by atoms with Crippen molar-refractivity contribution in [3.8, 4) is 0 Å². The van der Waals surface area contributed by atoms with Gasteiger partial charge in [0.2, 0.25) is 5.95 Å². The van der Waals surface area contributed by atoms with E-state index in [1.165, 1.54) is 25.1 Å². The van der Waals surface area contributed by atoms with Crippen LogP contribution in [0.15, 0.2) is 31.0 Å². The molecule has 1 saturated carbocycles. The average molecular weight is 339 g/mol. The van der Waals surface area contributed by atoms with Gasteiger partial charge in [0, 0.05) is 50.2 Å². The van der Waals surface area contributed by atoms with Gasteiger partial charge in [0.1, 0.15) is 6.33 Å². The molecule has 0 bridgehead atoms. The molecule has 0 spiro atoms. The van der Waals surface area contributed by atoms with Crippen LogP contribution >= 0.6 is 0 Å². The van der Waals surface area contributed by atoms with Gasteiger partial charge in [-0.3, -0.25) is 0 Å². The molecule has 0 radical (unpaired) electrons. The number of halogens is 1. The van der Waals surface area contributed by atoms with Crippen molar-refractivity contribution >= 4 is 22.7 Å². The first-order chi connectivity index (χ1) is 12.3. The lowest BCUT2D eigenvalue weighted by Gasteiger charge is -2.36. The third-order valence-electron chi connectivity index (χ3n) is 4.93. The van der Waals surface area contributed by atoms with E-state index in [-0.39, 0.29) is 0 Å². The Balaban J connectivity index is 1.38. The van der Waals surface area contributed by atoms with Gasteiger partial charge >= 0.3 is 0 Å². The lowest BCUT2D eigenvalue weighted by molar-refractivity contribution is 0.580. The number of aromatic nitrogens is 5. The molecular weight excluding hydrogens is 321 g/mol. The van der Waals surface area contributed by atoms with E-state index >= 15 is 0 Å². The van der Waals surface area contributed by atoms with Gasteiger partial charge in [-0.2, -0.15) is 4.39 Å². The molecule has 0 N–H and O–H groups in total. The number of hydrogen-bond acceptors (Lipinski definition) is 6. The molecule has 1 aliphatic heterocycles. The highest BCUT2D eigenvalue weighted by Crippen LogP contribution is 2.37. The zero-order chi connectivity index (χ0) is 16.8. The molecule has 0 amide bonds. The van der Waals surface area contributed by atoms with Crippen LogP contribution in [-0.2, 0) is 0 Å². The van der Waals surface area contributed by atoms with Crippen molar-refractivity contribution in [2.24, 2.45) is 0 Å². The monoisotopic (exact) mass is 339 g/mol. The van der Waals surface area contributed by atoms with E-state index in [0.717, 1.165) is 48.8 Å². The molecule has 7 nitrogen and oxygen atoms in total. The van der Waals surface area contributed by atoms with Crippen molar-refractivity contribution in [1.82, 2.24) is 24.5 Å². The van der Waals surface area contributed by atoms with Crippen molar-refractivity contribution in [3.63, 3.8) is 0 Å². The second-order valence-electron chi connectivity index (χ2n) is 6.56. The fraction of sp³-hybridized carbons (Fsp3) is 0.412. The average Bonchev–Trinajstić information content (AvgIpc) is 3.40. The molecule has 2 fully saturated rings. The normalized spacial score (nSPS) is 18.1. The summed E-state index contributed by atoms with van der Waals surface area (Å²) in [5, 5.41) is 0. The van der Waals surface area contributed by atoms with E-state index < -0.39 is 5.95 Å². The lowest BCUT2D eigenvalue weighted by atomic mass is 10.2. The Morgan fingerprint density at radius 2 is 1.76 bits per heavy atom. The molecule has 0 unspecified atom stereocenters. The largest absolute Gasteiger partial charge is 0.368 e. The van der Waals surface area contributed by atoms with Crippen molar-refractivity contribution in [2.75, 3.05) is 36.0 Å². The maximum Gasteiger partial charge on any atom is 0.214 e. The van der Waals surface area contributed by atoms with Crippen molar-refractivity contribution in [1.29, 1.82) is 0 Å². The molecular formula is C17H18FN7. The molecule has 1 saturated heterocycles. The molecule has 4 heterocycles. The third-order valence-corrected chi connectivity index (χ3v) is 4.93. The molecule has 3 aromatic heterocycles. The molecule has 5 rings (SSSR count). The van der Waals surface area contributed by atoms with Gasteiger partial charge in [0.25, 0.3) is 0 Å². The Labute approximate surface area is 144 Å². The van der Waals surface area contributed by atoms with E-state index in [0.29, 0.717) is 6.04 Å². The number of rotatable bonds is 3. The molecule has 3 aromatic rings. The lowest BCUT2D eigenvalue weighted by Crippen LogP contribution is -2.47. The fourth-order valence-corrected chi connectivity index (χ4v) is 3.46. The minimum absolute atomic E-state index is 0.442. The van der Waals surface area contributed by atoms with Gasteiger partial charge in [-0.1, -0.05) is 0 Å². The minimum atomic E-state index is -0.442. The standard InChI is InChI=1S/C17H18FN7/c18-14-9-13(3-4-19-14)23-5-7-24(8-6-23)16-15-17(21-10-20-16)25(11-22-15)12-1-2-12/h3-4,9-12H,1-2,5-8H2. The topological polar surface area (TPSA) is 63.0 Å². The summed E-state index contributed by atoms with van der Waals surface area (Å²) >= 11 is 0. The SMILES string of the molecule is Fc1cc(N2CCN(c3ncnc4c3ncn4C3CC3)CC2)ccn1. The Hall–Kier alpha value is -2.77. The Morgan fingerprint density at radius 3 is 2.52 bits per heavy atom. The van der Waals surface area contributed by atoms with Crippen LogP contribution in [0.25, 0.3) is 11.2 Å². The molecule has 25 heavy (non-hydrogen) atoms. The zero-order valence-electron chi connectivity index (χ0n) is 13.7. The van der Waals surface area contributed by atoms with Crippen LogP contribution in [0, 0.1) is 5.95 Å². The van der Waals surface area contributed by atoms with Crippen LogP contribution in [0.2, 0.25) is 0 Å². The number of fused-ring (bicyclic) bond motifs is 1. The van der Waals surface area contributed by atoms with Gasteiger partial charge in [-0.25, -0.2) is 19.9 Å². The number of imidazole rings is 1. The number of pyridine rings is 1. The molecule has 128 valence electrons. The van der Waals surface area contributed by atoms with E-state index in [2.05, 4.69) is 34.3 Å². The molecule has 0 atom stereocenters. The van der Waals surface area contributed by atoms with E-state index in [4.69, 9.17) is 0 Å². The van der Waals surface area contributed by atoms with Gasteiger partial charge in [0.05, 0.1) is 6.33 Å². The number of hydrogen-bond donors (Lipinski definition) is 0. The quantitative estimate of drug-likeness (QED) is 0.681. The molecule has 0 aromatic carbocycles. The first-order valence-electron chi connectivity index (χ1n) is 8.58. The molecule has 2 aliphatic rings. The van der Waals surface area contributed by atoms with Crippen LogP contribution in [-0.4, -0.2) is 50.7 Å². The molecule has 1 aliphatic carbocycles. The van der Waals surface area contributed by atoms with Gasteiger partial charge < -0.3 is 14.4 Å². The highest BCUT2D eigenvalue weighted by atomic mass is 19.1. The first-order valence-corrected chi connectivity index (χ1v) is 8.58. The summed E-state index contributed by atoms with van der Waals surface area (Å²) in [4.78, 5) is 21.5. The van der Waals surface area contributed by atoms with Gasteiger partial charge in [-0.05, 0) is 18.9 Å². The smallest absolute Gasteiger partial charge is 0.214 e. The highest BCUT2D eigenvalue weighted by Gasteiger charge is 2.28. The van der Waals surface area contributed by atoms with E-state index in [1.807, 2.05) is 12.4 Å². The Morgan fingerprint density at radius 1 is 0.960 bits per heavy atom. The van der Waals surface area contributed by atoms with Gasteiger partial charge in [0.15, 0.2) is 17.0 Å². The highest BCUT2D eigenvalue weighted by molar-refractivity contribution is 5.83. The predicted molar refractivity (Wildman–Crippen MR) is 92.2 cm³/mol. The van der Waals surface area contributed by atoms with Crippen LogP contribution in [0.5, 0.6) is 0 Å². The van der Waals surface area contributed by atoms with E-state index in [9.17, 15) is 4.39 Å². The maximum absolute atomic E-state index is 13.3. The summed E-state index contributed by atoms with van der Waals surface area (Å²) in [6.07, 6.45) is 7.42. The van der Waals surface area contributed by atoms with Gasteiger partial charge in [-0.15, -0.1) is 0 Å². The predicted octanol–water partition coefficient (Wildman–Crippen LogP) is 2.02. The minimum Gasteiger partial charge on any atom is -0.368 e. The zero-order valence-corrected chi connectivity index (χ0v) is 13.7. The molecule has 8 heteroatoms. The summed E-state index contributed by atoms with van der Waals surface area (Å²) in [7, 11) is 0. The number of piperazine rings is 1. The van der Waals surface area contributed by atoms with Crippen molar-refractivity contribution in [2.45, 2.75) is 18.9 Å². The van der Waals surface area contributed by atoms with E-state index in [1.54, 1.807) is 6.33 Å². The number of nitrogens with zero attached hydrogens (tertiary/aromatic N) is 7. The third kappa shape index (κ3) is 2.57. The fourth-order valence-electron chi connectivity index (χ4n) is 3.46. The summed E-state index contributed by atoms with van der Waals surface area (Å²) in [6.45, 7) is 3.23. The summed E-state index contributed by atoms with van der Waals surface area (Å²) in [6, 6.07) is 3.88. The maximum atomic E-state index is 13.3. The van der Waals surface area contributed by atoms with Crippen LogP contribution in [0.3, 0.4) is 0 Å². The Bertz CT molecular complexity index is 912. The van der Waals surface area contributed by atoms with Crippen LogP contribution in [0.4, 0.5) is 15.9 Å². The summed E-state index contributed by atoms with van der Waals surface area (Å²) in [5.74, 6) is 0.452. The number of anilines is 2. The first kappa shape index (κ1) is 14.6. The second kappa shape index (κ2) is 5.65. The van der Waals surface area contributed by atoms with Crippen LogP contribution in [0.1, 0.15) is 18.9 Å². The second-order valence-corrected chi connectivity index (χ2v) is 6.56. The Kier molecular flexibility index (Phi) is 3.29. The summed E-state index contributed by atoms with van der Waals surface area (Å²) < 4.78 is 15.5. The van der Waals surface area contributed by atoms with Crippen molar-refractivity contribution in [3.05, 3.63) is 36.9 Å². The summed E-state index contributed by atoms with van der Waals surface area (Å²) in [5.41, 5.74) is 2.67.